The number of benzene rings is 2. The molecule has 3 rings (SSSR count). The number of ether oxygens (including phenoxy) is 2. The van der Waals surface area contributed by atoms with Crippen LogP contribution >= 0.6 is 0 Å². The quantitative estimate of drug-likeness (QED) is 0.355. The maximum absolute atomic E-state index is 13.1. The molecule has 2 aromatic carbocycles. The van der Waals surface area contributed by atoms with E-state index in [2.05, 4.69) is 32.9 Å². The molecule has 0 N–H and O–H groups in total. The molecule has 0 bridgehead atoms. The second kappa shape index (κ2) is 10.8. The zero-order chi connectivity index (χ0) is 24.9. The number of carbonyl (C=O) groups excluding carboxylic acids is 1. The summed E-state index contributed by atoms with van der Waals surface area (Å²) in [6.45, 7) is 8.70. The maximum Gasteiger partial charge on any atom is 0.289 e. The largest absolute Gasteiger partial charge is 0.496 e. The molecule has 0 aliphatic rings. The Morgan fingerprint density at radius 1 is 1.00 bits per heavy atom. The number of methoxy groups -OCH3 is 2. The fourth-order valence-corrected chi connectivity index (χ4v) is 4.02. The van der Waals surface area contributed by atoms with Crippen LogP contribution in [0, 0.1) is 0 Å². The number of rotatable bonds is 10. The first-order valence-corrected chi connectivity index (χ1v) is 11.8. The first-order chi connectivity index (χ1) is 16.2. The lowest BCUT2D eigenvalue weighted by Crippen LogP contribution is -2.36. The van der Waals surface area contributed by atoms with Crippen LogP contribution in [0.25, 0.3) is 0 Å². The molecule has 3 aromatic rings. The van der Waals surface area contributed by atoms with Crippen molar-refractivity contribution in [2.45, 2.75) is 58.4 Å². The van der Waals surface area contributed by atoms with Crippen LogP contribution in [0.2, 0.25) is 0 Å². The van der Waals surface area contributed by atoms with Gasteiger partial charge in [0.2, 0.25) is 0 Å². The molecule has 182 valence electrons. The van der Waals surface area contributed by atoms with E-state index >= 15 is 0 Å². The first-order valence-electron chi connectivity index (χ1n) is 11.8. The summed E-state index contributed by atoms with van der Waals surface area (Å²) < 4.78 is 17.0. The van der Waals surface area contributed by atoms with Gasteiger partial charge in [0, 0.05) is 25.1 Å². The minimum Gasteiger partial charge on any atom is -0.496 e. The number of hydrogen-bond donors (Lipinski definition) is 0. The Bertz CT molecular complexity index is 1110. The van der Waals surface area contributed by atoms with E-state index in [0.717, 1.165) is 34.8 Å². The van der Waals surface area contributed by atoms with Gasteiger partial charge in [0.25, 0.3) is 5.91 Å². The number of para-hydroxylation sites is 1. The van der Waals surface area contributed by atoms with Crippen LogP contribution in [0.5, 0.6) is 11.5 Å². The van der Waals surface area contributed by atoms with Crippen LogP contribution in [-0.4, -0.2) is 38.1 Å². The number of carbonyl (C=O) groups is 1. The number of hydrogen-bond acceptors (Lipinski definition) is 4. The van der Waals surface area contributed by atoms with E-state index in [1.807, 2.05) is 50.4 Å². The highest BCUT2D eigenvalue weighted by molar-refractivity contribution is 5.91. The van der Waals surface area contributed by atoms with Crippen LogP contribution in [0.4, 0.5) is 0 Å². The van der Waals surface area contributed by atoms with Crippen molar-refractivity contribution in [2.24, 2.45) is 0 Å². The molecule has 0 saturated carbocycles. The van der Waals surface area contributed by atoms with Gasteiger partial charge in [-0.15, -0.1) is 0 Å². The van der Waals surface area contributed by atoms with Gasteiger partial charge in [-0.05, 0) is 60.6 Å². The molecule has 1 amide bonds. The molecule has 0 fully saturated rings. The van der Waals surface area contributed by atoms with Gasteiger partial charge in [0.05, 0.1) is 14.2 Å². The Labute approximate surface area is 203 Å². The van der Waals surface area contributed by atoms with Crippen LogP contribution < -0.4 is 9.47 Å². The standard InChI is InChI=1S/C29H37NO4/c1-8-29(3,4)23-13-15-26(33-7)22(18-23)19-24-14-16-27(34-24)28(31)30(5)20(2)17-21-11-9-10-12-25(21)32-6/h9-16,18,20H,8,17,19H2,1-7H3. The van der Waals surface area contributed by atoms with Gasteiger partial charge < -0.3 is 18.8 Å². The van der Waals surface area contributed by atoms with Gasteiger partial charge in [-0.3, -0.25) is 4.79 Å². The molecule has 1 atom stereocenters. The Morgan fingerprint density at radius 2 is 1.68 bits per heavy atom. The monoisotopic (exact) mass is 463 g/mol. The number of likely N-dealkylation sites (N-methyl/N-ethyl adjacent to an activating group) is 1. The molecule has 5 heteroatoms. The lowest BCUT2D eigenvalue weighted by molar-refractivity contribution is 0.0709. The Balaban J connectivity index is 1.74. The van der Waals surface area contributed by atoms with E-state index in [1.165, 1.54) is 5.56 Å². The van der Waals surface area contributed by atoms with Crippen LogP contribution in [0.15, 0.2) is 59.0 Å². The smallest absolute Gasteiger partial charge is 0.289 e. The highest BCUT2D eigenvalue weighted by Crippen LogP contribution is 2.32. The SMILES string of the molecule is CCC(C)(C)c1ccc(OC)c(Cc2ccc(C(=O)N(C)C(C)Cc3ccccc3OC)o2)c1. The summed E-state index contributed by atoms with van der Waals surface area (Å²) in [7, 11) is 5.15. The molecule has 1 unspecified atom stereocenters. The summed E-state index contributed by atoms with van der Waals surface area (Å²) in [4.78, 5) is 14.8. The zero-order valence-corrected chi connectivity index (χ0v) is 21.5. The van der Waals surface area contributed by atoms with E-state index in [4.69, 9.17) is 13.9 Å². The molecule has 0 saturated heterocycles. The van der Waals surface area contributed by atoms with Crippen molar-refractivity contribution in [3.05, 3.63) is 82.8 Å². The number of amides is 1. The van der Waals surface area contributed by atoms with Gasteiger partial charge in [0.15, 0.2) is 5.76 Å². The van der Waals surface area contributed by atoms with Crippen LogP contribution in [0.3, 0.4) is 0 Å². The van der Waals surface area contributed by atoms with Gasteiger partial charge in [0.1, 0.15) is 17.3 Å². The third-order valence-electron chi connectivity index (χ3n) is 6.87. The molecule has 0 aliphatic heterocycles. The highest BCUT2D eigenvalue weighted by atomic mass is 16.5. The van der Waals surface area contributed by atoms with Crippen molar-refractivity contribution in [3.8, 4) is 11.5 Å². The lowest BCUT2D eigenvalue weighted by Gasteiger charge is -2.25. The van der Waals surface area contributed by atoms with Gasteiger partial charge in [-0.1, -0.05) is 51.1 Å². The molecule has 34 heavy (non-hydrogen) atoms. The molecule has 1 aromatic heterocycles. The molecular formula is C29H37NO4. The van der Waals surface area contributed by atoms with E-state index < -0.39 is 0 Å². The third-order valence-corrected chi connectivity index (χ3v) is 6.87. The Hall–Kier alpha value is -3.21. The van der Waals surface area contributed by atoms with Crippen molar-refractivity contribution < 1.29 is 18.7 Å². The predicted octanol–water partition coefficient (Wildman–Crippen LogP) is 6.28. The molecule has 0 radical (unpaired) electrons. The second-order valence-electron chi connectivity index (χ2n) is 9.49. The summed E-state index contributed by atoms with van der Waals surface area (Å²) >= 11 is 0. The van der Waals surface area contributed by atoms with Crippen molar-refractivity contribution in [2.75, 3.05) is 21.3 Å². The first kappa shape index (κ1) is 25.4. The summed E-state index contributed by atoms with van der Waals surface area (Å²) in [6, 6.07) is 17.8. The maximum atomic E-state index is 13.1. The summed E-state index contributed by atoms with van der Waals surface area (Å²) in [5, 5.41) is 0. The van der Waals surface area contributed by atoms with Gasteiger partial charge in [-0.2, -0.15) is 0 Å². The van der Waals surface area contributed by atoms with Gasteiger partial charge in [-0.25, -0.2) is 0 Å². The summed E-state index contributed by atoms with van der Waals surface area (Å²) in [6.07, 6.45) is 2.29. The van der Waals surface area contributed by atoms with Crippen molar-refractivity contribution >= 4 is 5.91 Å². The normalized spacial score (nSPS) is 12.3. The summed E-state index contributed by atoms with van der Waals surface area (Å²) in [5.41, 5.74) is 3.46. The number of furan rings is 1. The van der Waals surface area contributed by atoms with E-state index in [-0.39, 0.29) is 17.4 Å². The van der Waals surface area contributed by atoms with Crippen LogP contribution in [-0.2, 0) is 18.3 Å². The third kappa shape index (κ3) is 5.64. The molecular weight excluding hydrogens is 426 g/mol. The fraction of sp³-hybridized carbons (Fsp3) is 0.414. The fourth-order valence-electron chi connectivity index (χ4n) is 4.02. The highest BCUT2D eigenvalue weighted by Gasteiger charge is 2.23. The molecule has 1 heterocycles. The second-order valence-corrected chi connectivity index (χ2v) is 9.49. The Morgan fingerprint density at radius 3 is 2.35 bits per heavy atom. The Kier molecular flexibility index (Phi) is 8.08. The minimum atomic E-state index is -0.138. The zero-order valence-electron chi connectivity index (χ0n) is 21.5. The van der Waals surface area contributed by atoms with Crippen LogP contribution in [0.1, 0.15) is 67.1 Å². The summed E-state index contributed by atoms with van der Waals surface area (Å²) in [5.74, 6) is 2.59. The topological polar surface area (TPSA) is 51.9 Å². The molecule has 0 aliphatic carbocycles. The van der Waals surface area contributed by atoms with Crippen molar-refractivity contribution in [1.29, 1.82) is 0 Å². The minimum absolute atomic E-state index is 0.0228. The van der Waals surface area contributed by atoms with E-state index in [1.54, 1.807) is 25.2 Å². The molecule has 0 spiro atoms. The van der Waals surface area contributed by atoms with E-state index in [0.29, 0.717) is 18.6 Å². The average molecular weight is 464 g/mol. The van der Waals surface area contributed by atoms with E-state index in [9.17, 15) is 4.79 Å². The van der Waals surface area contributed by atoms with Crippen molar-refractivity contribution in [1.82, 2.24) is 4.90 Å². The molecule has 5 nitrogen and oxygen atoms in total. The van der Waals surface area contributed by atoms with Crippen molar-refractivity contribution in [3.63, 3.8) is 0 Å². The average Bonchev–Trinajstić information content (AvgIpc) is 3.31. The predicted molar refractivity (Wildman–Crippen MR) is 136 cm³/mol. The lowest BCUT2D eigenvalue weighted by atomic mass is 9.81. The number of nitrogens with zero attached hydrogens (tertiary/aromatic N) is 1. The van der Waals surface area contributed by atoms with Gasteiger partial charge >= 0.3 is 0 Å².